The number of para-hydroxylation sites is 1. The van der Waals surface area contributed by atoms with Crippen LogP contribution < -0.4 is 9.47 Å². The summed E-state index contributed by atoms with van der Waals surface area (Å²) < 4.78 is 11.2. The summed E-state index contributed by atoms with van der Waals surface area (Å²) in [5, 5.41) is 3.09. The zero-order valence-electron chi connectivity index (χ0n) is 13.7. The van der Waals surface area contributed by atoms with Gasteiger partial charge in [0, 0.05) is 16.0 Å². The van der Waals surface area contributed by atoms with Crippen LogP contribution in [-0.4, -0.2) is 12.1 Å². The fourth-order valence-corrected chi connectivity index (χ4v) is 3.88. The summed E-state index contributed by atoms with van der Waals surface area (Å²) in [6, 6.07) is 16.1. The maximum absolute atomic E-state index is 5.78. The molecule has 5 heteroatoms. The molecular formula is C19H19NO2S2. The van der Waals surface area contributed by atoms with E-state index in [1.807, 2.05) is 42.5 Å². The molecule has 2 aromatic carbocycles. The molecule has 0 unspecified atom stereocenters. The van der Waals surface area contributed by atoms with Crippen LogP contribution in [0.3, 0.4) is 0 Å². The normalized spacial score (nSPS) is 10.6. The monoisotopic (exact) mass is 357 g/mol. The zero-order chi connectivity index (χ0) is 16.8. The number of benzene rings is 2. The molecule has 3 aromatic rings. The van der Waals surface area contributed by atoms with E-state index >= 15 is 0 Å². The molecule has 3 rings (SSSR count). The van der Waals surface area contributed by atoms with E-state index in [9.17, 15) is 0 Å². The number of thioether (sulfide) groups is 1. The van der Waals surface area contributed by atoms with Gasteiger partial charge in [0.25, 0.3) is 0 Å². The zero-order valence-corrected chi connectivity index (χ0v) is 15.3. The Labute approximate surface area is 150 Å². The van der Waals surface area contributed by atoms with Gasteiger partial charge in [-0.2, -0.15) is 0 Å². The van der Waals surface area contributed by atoms with Crippen molar-refractivity contribution in [2.45, 2.75) is 24.2 Å². The molecule has 3 nitrogen and oxygen atoms in total. The highest BCUT2D eigenvalue weighted by Gasteiger charge is 2.07. The third kappa shape index (κ3) is 4.52. The summed E-state index contributed by atoms with van der Waals surface area (Å²) >= 11 is 3.37. The average molecular weight is 358 g/mol. The number of rotatable bonds is 7. The average Bonchev–Trinajstić information content (AvgIpc) is 3.07. The minimum Gasteiger partial charge on any atom is -0.496 e. The van der Waals surface area contributed by atoms with Gasteiger partial charge in [0.15, 0.2) is 0 Å². The minimum atomic E-state index is 0.507. The number of ether oxygens (including phenoxy) is 2. The van der Waals surface area contributed by atoms with E-state index in [0.29, 0.717) is 6.61 Å². The molecule has 0 saturated carbocycles. The first-order valence-corrected chi connectivity index (χ1v) is 9.49. The van der Waals surface area contributed by atoms with Crippen molar-refractivity contribution in [1.29, 1.82) is 0 Å². The quantitative estimate of drug-likeness (QED) is 0.535. The molecule has 0 radical (unpaired) electrons. The first-order valence-electron chi connectivity index (χ1n) is 7.63. The Morgan fingerprint density at radius 2 is 1.88 bits per heavy atom. The van der Waals surface area contributed by atoms with Gasteiger partial charge in [0.1, 0.15) is 23.1 Å². The van der Waals surface area contributed by atoms with Gasteiger partial charge < -0.3 is 9.47 Å². The Bertz CT molecular complexity index is 784. The summed E-state index contributed by atoms with van der Waals surface area (Å²) in [6.07, 6.45) is 0. The Kier molecular flexibility index (Phi) is 5.77. The van der Waals surface area contributed by atoms with Crippen molar-refractivity contribution in [1.82, 2.24) is 4.98 Å². The van der Waals surface area contributed by atoms with E-state index in [1.54, 1.807) is 30.2 Å². The number of methoxy groups -OCH3 is 1. The SMILES string of the molecule is COc1ccccc1SCc1csc(COc2ccc(C)cc2)n1. The minimum absolute atomic E-state index is 0.507. The molecular weight excluding hydrogens is 338 g/mol. The molecule has 0 aliphatic carbocycles. The number of hydrogen-bond donors (Lipinski definition) is 0. The molecule has 0 fully saturated rings. The summed E-state index contributed by atoms with van der Waals surface area (Å²) in [6.45, 7) is 2.57. The van der Waals surface area contributed by atoms with Gasteiger partial charge in [0.2, 0.25) is 0 Å². The number of nitrogens with zero attached hydrogens (tertiary/aromatic N) is 1. The number of aromatic nitrogens is 1. The van der Waals surface area contributed by atoms with Crippen LogP contribution in [0.15, 0.2) is 58.8 Å². The van der Waals surface area contributed by atoms with E-state index in [0.717, 1.165) is 32.8 Å². The summed E-state index contributed by atoms with van der Waals surface area (Å²) in [5.41, 5.74) is 2.30. The van der Waals surface area contributed by atoms with Crippen LogP contribution in [0.2, 0.25) is 0 Å². The maximum Gasteiger partial charge on any atom is 0.140 e. The molecule has 0 bridgehead atoms. The second-order valence-electron chi connectivity index (χ2n) is 5.27. The molecule has 0 aliphatic rings. The van der Waals surface area contributed by atoms with Gasteiger partial charge in [-0.15, -0.1) is 23.1 Å². The lowest BCUT2D eigenvalue weighted by atomic mass is 10.2. The van der Waals surface area contributed by atoms with Crippen molar-refractivity contribution in [3.8, 4) is 11.5 Å². The number of thiazole rings is 1. The van der Waals surface area contributed by atoms with Gasteiger partial charge in [-0.3, -0.25) is 0 Å². The number of aryl methyl sites for hydroxylation is 1. The van der Waals surface area contributed by atoms with Crippen LogP contribution >= 0.6 is 23.1 Å². The fraction of sp³-hybridized carbons (Fsp3) is 0.211. The molecule has 1 heterocycles. The van der Waals surface area contributed by atoms with E-state index in [2.05, 4.69) is 23.4 Å². The maximum atomic E-state index is 5.78. The van der Waals surface area contributed by atoms with Crippen LogP contribution in [0.5, 0.6) is 11.5 Å². The van der Waals surface area contributed by atoms with Gasteiger partial charge >= 0.3 is 0 Å². The molecule has 0 atom stereocenters. The third-order valence-electron chi connectivity index (χ3n) is 3.43. The van der Waals surface area contributed by atoms with Crippen molar-refractivity contribution in [2.75, 3.05) is 7.11 Å². The molecule has 1 aromatic heterocycles. The Hall–Kier alpha value is -1.98. The summed E-state index contributed by atoms with van der Waals surface area (Å²) in [4.78, 5) is 5.78. The van der Waals surface area contributed by atoms with E-state index in [1.165, 1.54) is 5.56 Å². The van der Waals surface area contributed by atoms with Gasteiger partial charge in [-0.1, -0.05) is 29.8 Å². The van der Waals surface area contributed by atoms with E-state index in [-0.39, 0.29) is 0 Å². The van der Waals surface area contributed by atoms with Crippen LogP contribution in [0.25, 0.3) is 0 Å². The van der Waals surface area contributed by atoms with E-state index < -0.39 is 0 Å². The lowest BCUT2D eigenvalue weighted by Crippen LogP contribution is -1.95. The van der Waals surface area contributed by atoms with Crippen molar-refractivity contribution in [2.24, 2.45) is 0 Å². The predicted octanol–water partition coefficient (Wildman–Crippen LogP) is 5.33. The Morgan fingerprint density at radius 1 is 1.08 bits per heavy atom. The lowest BCUT2D eigenvalue weighted by Gasteiger charge is -2.06. The topological polar surface area (TPSA) is 31.4 Å². The van der Waals surface area contributed by atoms with Crippen LogP contribution in [0, 0.1) is 6.92 Å². The van der Waals surface area contributed by atoms with Gasteiger partial charge in [0.05, 0.1) is 12.8 Å². The molecule has 124 valence electrons. The van der Waals surface area contributed by atoms with Crippen molar-refractivity contribution >= 4 is 23.1 Å². The van der Waals surface area contributed by atoms with Crippen molar-refractivity contribution in [3.05, 3.63) is 70.2 Å². The van der Waals surface area contributed by atoms with Crippen molar-refractivity contribution in [3.63, 3.8) is 0 Å². The standard InChI is InChI=1S/C19H19NO2S2/c1-14-7-9-16(10-8-14)22-11-19-20-15(13-24-19)12-23-18-6-4-3-5-17(18)21-2/h3-10,13H,11-12H2,1-2H3. The van der Waals surface area contributed by atoms with Gasteiger partial charge in [-0.05, 0) is 31.2 Å². The summed E-state index contributed by atoms with van der Waals surface area (Å²) in [5.74, 6) is 2.60. The first kappa shape index (κ1) is 16.9. The molecule has 0 N–H and O–H groups in total. The highest BCUT2D eigenvalue weighted by molar-refractivity contribution is 7.98. The molecule has 24 heavy (non-hydrogen) atoms. The molecule has 0 saturated heterocycles. The fourth-order valence-electron chi connectivity index (χ4n) is 2.15. The molecule has 0 aliphatic heterocycles. The highest BCUT2D eigenvalue weighted by Crippen LogP contribution is 2.31. The summed E-state index contributed by atoms with van der Waals surface area (Å²) in [7, 11) is 1.70. The highest BCUT2D eigenvalue weighted by atomic mass is 32.2. The first-order chi connectivity index (χ1) is 11.7. The third-order valence-corrected chi connectivity index (χ3v) is 5.39. The second-order valence-corrected chi connectivity index (χ2v) is 7.23. The Morgan fingerprint density at radius 3 is 2.67 bits per heavy atom. The molecule has 0 spiro atoms. The van der Waals surface area contributed by atoms with E-state index in [4.69, 9.17) is 9.47 Å². The van der Waals surface area contributed by atoms with Gasteiger partial charge in [-0.25, -0.2) is 4.98 Å². The number of hydrogen-bond acceptors (Lipinski definition) is 5. The largest absolute Gasteiger partial charge is 0.496 e. The Balaban J connectivity index is 1.54. The lowest BCUT2D eigenvalue weighted by molar-refractivity contribution is 0.305. The van der Waals surface area contributed by atoms with Crippen LogP contribution in [0.4, 0.5) is 0 Å². The molecule has 0 amide bonds. The van der Waals surface area contributed by atoms with Crippen LogP contribution in [0.1, 0.15) is 16.3 Å². The van der Waals surface area contributed by atoms with Crippen molar-refractivity contribution < 1.29 is 9.47 Å². The second kappa shape index (κ2) is 8.22. The van der Waals surface area contributed by atoms with Crippen LogP contribution in [-0.2, 0) is 12.4 Å². The smallest absolute Gasteiger partial charge is 0.140 e. The predicted molar refractivity (Wildman–Crippen MR) is 100 cm³/mol.